The van der Waals surface area contributed by atoms with E-state index in [2.05, 4.69) is 116 Å². The van der Waals surface area contributed by atoms with Crippen LogP contribution in [0.4, 0.5) is 0 Å². The summed E-state index contributed by atoms with van der Waals surface area (Å²) >= 11 is 0. The Balaban J connectivity index is 1.58. The molecule has 2 rings (SSSR count). The highest BCUT2D eigenvalue weighted by molar-refractivity contribution is 5.76. The number of carbonyl (C=O) groups is 1. The van der Waals surface area contributed by atoms with Crippen molar-refractivity contribution in [3.05, 3.63) is 97.2 Å². The van der Waals surface area contributed by atoms with Crippen LogP contribution in [0.5, 0.6) is 0 Å². The lowest BCUT2D eigenvalue weighted by Crippen LogP contribution is -2.65. The second-order valence-corrected chi connectivity index (χ2v) is 28.2. The van der Waals surface area contributed by atoms with E-state index >= 15 is 0 Å². The Morgan fingerprint density at radius 3 is 1.08 bits per heavy atom. The Labute approximate surface area is 598 Å². The number of aliphatic hydroxyl groups is 8. The molecule has 0 aliphatic carbocycles. The molecule has 12 unspecified atom stereocenters. The topological polar surface area (TPSA) is 228 Å². The zero-order valence-corrected chi connectivity index (χ0v) is 62.3. The fourth-order valence-electron chi connectivity index (χ4n) is 13.0. The van der Waals surface area contributed by atoms with E-state index in [0.717, 1.165) is 103 Å². The van der Waals surface area contributed by atoms with Gasteiger partial charge < -0.3 is 65.1 Å². The van der Waals surface area contributed by atoms with Crippen LogP contribution in [0, 0.1) is 0 Å². The summed E-state index contributed by atoms with van der Waals surface area (Å²) in [5.74, 6) is -0.204. The Morgan fingerprint density at radius 1 is 0.378 bits per heavy atom. The SMILES string of the molecule is CC/C=C\C/C=C\C/C=C\C/C=C\C/C=C\C/C=C\C/C=C\C/C=C\CCCCCCCCCCCCCCCCCCC(=O)NC(COC1OC(CO)C(OC2OC(CO)C(O)C(O)C2O)C(O)C1O)C(O)CCCCCCCCCCCCCCCCCCCCCCCCC. The Morgan fingerprint density at radius 2 is 0.704 bits per heavy atom. The lowest BCUT2D eigenvalue weighted by atomic mass is 9.97. The van der Waals surface area contributed by atoms with Gasteiger partial charge in [0, 0.05) is 6.42 Å². The molecule has 0 bridgehead atoms. The number of hydrogen-bond donors (Lipinski definition) is 9. The van der Waals surface area contributed by atoms with Crippen LogP contribution in [-0.4, -0.2) is 140 Å². The summed E-state index contributed by atoms with van der Waals surface area (Å²) in [6.45, 7) is 2.79. The minimum absolute atomic E-state index is 0.204. The molecule has 2 aliphatic rings. The molecule has 14 heteroatoms. The van der Waals surface area contributed by atoms with E-state index in [9.17, 15) is 45.6 Å². The fourth-order valence-corrected chi connectivity index (χ4v) is 13.0. The minimum Gasteiger partial charge on any atom is -0.394 e. The number of carbonyl (C=O) groups excluding carboxylic acids is 1. The average molecular weight is 1380 g/mol. The van der Waals surface area contributed by atoms with Crippen LogP contribution in [-0.2, 0) is 23.7 Å². The molecule has 14 nitrogen and oxygen atoms in total. The highest BCUT2D eigenvalue weighted by Gasteiger charge is 2.51. The van der Waals surface area contributed by atoms with E-state index in [1.165, 1.54) is 205 Å². The first-order valence-corrected chi connectivity index (χ1v) is 40.5. The van der Waals surface area contributed by atoms with Crippen LogP contribution < -0.4 is 5.32 Å². The van der Waals surface area contributed by atoms with Gasteiger partial charge in [-0.05, 0) is 77.0 Å². The van der Waals surface area contributed by atoms with Crippen molar-refractivity contribution in [3.63, 3.8) is 0 Å². The molecule has 12 atom stereocenters. The first kappa shape index (κ1) is 91.0. The van der Waals surface area contributed by atoms with Gasteiger partial charge in [0.2, 0.25) is 5.91 Å². The van der Waals surface area contributed by atoms with Gasteiger partial charge in [-0.2, -0.15) is 0 Å². The summed E-state index contributed by atoms with van der Waals surface area (Å²) in [4.78, 5) is 13.4. The molecular formula is C84H149NO13. The third kappa shape index (κ3) is 49.5. The maximum atomic E-state index is 13.4. The molecule has 0 aromatic heterocycles. The standard InChI is InChI=1S/C84H149NO13/c1-3-5-7-9-11-13-15-17-19-21-23-25-27-28-29-30-31-32-33-34-35-36-37-38-39-40-41-42-43-44-46-48-50-52-54-56-58-60-62-64-66-68-76(89)85-72(71-95-83-81(94)79(92)82(75(70-87)97-83)98-84-80(93)78(91)77(90)74(69-86)96-84)73(88)67-65-63-61-59-57-55-53-51-49-47-45-26-24-22-20-18-16-14-12-10-8-6-4-2/h5,7,11,13,17,19,23,25,28-29,31-32,34-35,37-38,72-75,77-84,86-88,90-94H,3-4,6,8-10,12,14-16,18,20-22,24,26-27,30,33,36,39-71H2,1-2H3,(H,85,89)/b7-5-,13-11-,19-17-,25-23-,29-28-,32-31-,35-34-,38-37-. The molecule has 568 valence electrons. The van der Waals surface area contributed by atoms with Crippen LogP contribution in [0.25, 0.3) is 0 Å². The molecule has 0 spiro atoms. The molecule has 0 saturated carbocycles. The molecule has 0 radical (unpaired) electrons. The Hall–Kier alpha value is -3.09. The van der Waals surface area contributed by atoms with Gasteiger partial charge in [-0.1, -0.05) is 349 Å². The smallest absolute Gasteiger partial charge is 0.220 e. The Kier molecular flexibility index (Phi) is 62.3. The number of unbranched alkanes of at least 4 members (excludes halogenated alkanes) is 38. The summed E-state index contributed by atoms with van der Waals surface area (Å²) < 4.78 is 23.0. The van der Waals surface area contributed by atoms with E-state index in [1.807, 2.05) is 0 Å². The van der Waals surface area contributed by atoms with Crippen molar-refractivity contribution in [2.45, 2.75) is 408 Å². The summed E-state index contributed by atoms with van der Waals surface area (Å²) in [6.07, 6.45) is 78.7. The fraction of sp³-hybridized carbons (Fsp3) is 0.798. The highest BCUT2D eigenvalue weighted by Crippen LogP contribution is 2.30. The van der Waals surface area contributed by atoms with Gasteiger partial charge in [0.05, 0.1) is 32.0 Å². The van der Waals surface area contributed by atoms with Crippen LogP contribution in [0.1, 0.15) is 335 Å². The maximum Gasteiger partial charge on any atom is 0.220 e. The van der Waals surface area contributed by atoms with Gasteiger partial charge in [-0.25, -0.2) is 0 Å². The third-order valence-corrected chi connectivity index (χ3v) is 19.3. The van der Waals surface area contributed by atoms with Crippen molar-refractivity contribution in [1.82, 2.24) is 5.32 Å². The number of aliphatic hydroxyl groups excluding tert-OH is 8. The zero-order valence-electron chi connectivity index (χ0n) is 62.3. The number of amides is 1. The number of rotatable bonds is 67. The molecule has 2 aliphatic heterocycles. The molecule has 2 saturated heterocycles. The van der Waals surface area contributed by atoms with Crippen LogP contribution in [0.15, 0.2) is 97.2 Å². The van der Waals surface area contributed by atoms with Gasteiger partial charge >= 0.3 is 0 Å². The van der Waals surface area contributed by atoms with E-state index in [0.29, 0.717) is 12.8 Å². The van der Waals surface area contributed by atoms with E-state index in [-0.39, 0.29) is 12.5 Å². The van der Waals surface area contributed by atoms with Crippen LogP contribution in [0.3, 0.4) is 0 Å². The summed E-state index contributed by atoms with van der Waals surface area (Å²) in [5, 5.41) is 87.9. The lowest BCUT2D eigenvalue weighted by Gasteiger charge is -2.46. The van der Waals surface area contributed by atoms with Crippen LogP contribution >= 0.6 is 0 Å². The number of nitrogens with one attached hydrogen (secondary N) is 1. The number of allylic oxidation sites excluding steroid dienone is 16. The van der Waals surface area contributed by atoms with Crippen molar-refractivity contribution in [3.8, 4) is 0 Å². The van der Waals surface area contributed by atoms with Crippen LogP contribution in [0.2, 0.25) is 0 Å². The normalized spacial score (nSPS) is 22.6. The van der Waals surface area contributed by atoms with Gasteiger partial charge in [-0.15, -0.1) is 0 Å². The number of ether oxygens (including phenoxy) is 4. The summed E-state index contributed by atoms with van der Waals surface area (Å²) in [6, 6.07) is -0.834. The second-order valence-electron chi connectivity index (χ2n) is 28.2. The highest BCUT2D eigenvalue weighted by atomic mass is 16.7. The second kappa shape index (κ2) is 67.1. The molecule has 0 aromatic carbocycles. The first-order chi connectivity index (χ1) is 48.1. The van der Waals surface area contributed by atoms with Crippen molar-refractivity contribution < 1.29 is 64.6 Å². The molecule has 98 heavy (non-hydrogen) atoms. The largest absolute Gasteiger partial charge is 0.394 e. The van der Waals surface area contributed by atoms with E-state index < -0.39 is 86.8 Å². The molecule has 2 heterocycles. The minimum atomic E-state index is -1.79. The van der Waals surface area contributed by atoms with E-state index in [4.69, 9.17) is 18.9 Å². The van der Waals surface area contributed by atoms with Crippen molar-refractivity contribution in [2.24, 2.45) is 0 Å². The van der Waals surface area contributed by atoms with Crippen molar-refractivity contribution >= 4 is 5.91 Å². The third-order valence-electron chi connectivity index (χ3n) is 19.3. The number of hydrogen-bond acceptors (Lipinski definition) is 13. The van der Waals surface area contributed by atoms with Crippen molar-refractivity contribution in [2.75, 3.05) is 19.8 Å². The van der Waals surface area contributed by atoms with Gasteiger partial charge in [-0.3, -0.25) is 4.79 Å². The summed E-state index contributed by atoms with van der Waals surface area (Å²) in [7, 11) is 0. The van der Waals surface area contributed by atoms with Gasteiger partial charge in [0.1, 0.15) is 48.8 Å². The Bertz CT molecular complexity index is 2020. The maximum absolute atomic E-state index is 13.4. The predicted molar refractivity (Wildman–Crippen MR) is 406 cm³/mol. The molecular weight excluding hydrogens is 1230 g/mol. The molecule has 1 amide bonds. The first-order valence-electron chi connectivity index (χ1n) is 40.5. The van der Waals surface area contributed by atoms with Gasteiger partial charge in [0.15, 0.2) is 12.6 Å². The quantitative estimate of drug-likeness (QED) is 0.0204. The predicted octanol–water partition coefficient (Wildman–Crippen LogP) is 18.5. The molecule has 0 aromatic rings. The average Bonchev–Trinajstić information content (AvgIpc) is 0.793. The lowest BCUT2D eigenvalue weighted by molar-refractivity contribution is -0.359. The zero-order chi connectivity index (χ0) is 70.8. The van der Waals surface area contributed by atoms with E-state index in [1.54, 1.807) is 0 Å². The summed E-state index contributed by atoms with van der Waals surface area (Å²) in [5.41, 5.74) is 0. The monoisotopic (exact) mass is 1380 g/mol. The molecule has 2 fully saturated rings. The van der Waals surface area contributed by atoms with Gasteiger partial charge in [0.25, 0.3) is 0 Å². The molecule has 9 N–H and O–H groups in total. The van der Waals surface area contributed by atoms with Crippen molar-refractivity contribution in [1.29, 1.82) is 0 Å².